The summed E-state index contributed by atoms with van der Waals surface area (Å²) in [7, 11) is -2.75. The summed E-state index contributed by atoms with van der Waals surface area (Å²) in [4.78, 5) is 12.0. The zero-order valence-corrected chi connectivity index (χ0v) is 9.12. The van der Waals surface area contributed by atoms with Gasteiger partial charge in [-0.3, -0.25) is 13.9 Å². The number of hydrogen-bond acceptors (Lipinski definition) is 3. The van der Waals surface area contributed by atoms with Crippen LogP contribution in [0.5, 0.6) is 0 Å². The molecular weight excluding hydrogens is 212 g/mol. The number of allylic oxidation sites excluding steroid dienone is 1. The summed E-state index contributed by atoms with van der Waals surface area (Å²) < 4.78 is 19.3. The molecule has 1 aromatic carbocycles. The van der Waals surface area contributed by atoms with Gasteiger partial charge in [0.15, 0.2) is 5.78 Å². The normalized spacial score (nSPS) is 17.0. The molecule has 0 saturated heterocycles. The maximum Gasteiger partial charge on any atom is 0.167 e. The molecule has 0 amide bonds. The van der Waals surface area contributed by atoms with Crippen molar-refractivity contribution < 1.29 is 13.9 Å². The Bertz CT molecular complexity index is 443. The molecule has 0 unspecified atom stereocenters. The van der Waals surface area contributed by atoms with Crippen molar-refractivity contribution in [2.45, 2.75) is 6.42 Å². The minimum absolute atomic E-state index is 0.0259. The van der Waals surface area contributed by atoms with Gasteiger partial charge in [0, 0.05) is 23.8 Å². The summed E-state index contributed by atoms with van der Waals surface area (Å²) in [6, 6.07) is 7.03. The number of carbonyl (C=O) groups excluding carboxylic acids is 1. The Kier molecular flexibility index (Phi) is 2.42. The first-order valence-electron chi connectivity index (χ1n) is 4.56. The molecule has 4 heteroatoms. The van der Waals surface area contributed by atoms with Gasteiger partial charge in [-0.05, 0) is 0 Å². The van der Waals surface area contributed by atoms with Crippen molar-refractivity contribution >= 4 is 21.3 Å². The van der Waals surface area contributed by atoms with E-state index >= 15 is 0 Å². The third-order valence-corrected chi connectivity index (χ3v) is 3.60. The van der Waals surface area contributed by atoms with E-state index in [0.29, 0.717) is 16.0 Å². The molecule has 80 valence electrons. The number of benzene rings is 1. The van der Waals surface area contributed by atoms with Crippen molar-refractivity contribution in [3.63, 3.8) is 0 Å². The second-order valence-corrected chi connectivity index (χ2v) is 5.68. The van der Waals surface area contributed by atoms with Gasteiger partial charge in [-0.2, -0.15) is 10.6 Å². The maximum absolute atomic E-state index is 11.6. The highest BCUT2D eigenvalue weighted by Gasteiger charge is 2.24. The fourth-order valence-corrected chi connectivity index (χ4v) is 2.71. The van der Waals surface area contributed by atoms with Crippen molar-refractivity contribution in [2.24, 2.45) is 0 Å². The van der Waals surface area contributed by atoms with E-state index in [1.54, 1.807) is 30.3 Å². The predicted molar refractivity (Wildman–Crippen MR) is 62.1 cm³/mol. The van der Waals surface area contributed by atoms with Crippen LogP contribution in [-0.2, 0) is 0 Å². The van der Waals surface area contributed by atoms with Gasteiger partial charge in [0.2, 0.25) is 0 Å². The molecule has 0 saturated carbocycles. The minimum atomic E-state index is -2.75. The summed E-state index contributed by atoms with van der Waals surface area (Å²) in [5, 5.41) is 0. The van der Waals surface area contributed by atoms with E-state index in [2.05, 4.69) is 0 Å². The quantitative estimate of drug-likeness (QED) is 0.771. The molecule has 15 heavy (non-hydrogen) atoms. The minimum Gasteiger partial charge on any atom is -0.295 e. The van der Waals surface area contributed by atoms with Crippen LogP contribution in [0.15, 0.2) is 30.3 Å². The van der Waals surface area contributed by atoms with Crippen LogP contribution in [0, 0.1) is 0 Å². The summed E-state index contributed by atoms with van der Waals surface area (Å²) in [5.41, 5.74) is 1.23. The van der Waals surface area contributed by atoms with Gasteiger partial charge in [0.1, 0.15) is 0 Å². The smallest absolute Gasteiger partial charge is 0.167 e. The molecule has 2 rings (SSSR count). The Morgan fingerprint density at radius 2 is 1.80 bits per heavy atom. The number of Topliss-reactive ketones (excluding diaryl/α,β-unsaturated/α-hetero) is 1. The van der Waals surface area contributed by atoms with Crippen LogP contribution in [0.2, 0.25) is 0 Å². The Morgan fingerprint density at radius 1 is 1.20 bits per heavy atom. The number of rotatable bonds is 1. The molecule has 0 radical (unpaired) electrons. The van der Waals surface area contributed by atoms with E-state index in [1.165, 1.54) is 6.26 Å². The Balaban J connectivity index is 2.59. The van der Waals surface area contributed by atoms with Gasteiger partial charge in [0.05, 0.1) is 4.91 Å². The Hall–Kier alpha value is -1.10. The Labute approximate surface area is 89.8 Å². The summed E-state index contributed by atoms with van der Waals surface area (Å²) in [5.74, 6) is 0.0259. The number of carbonyl (C=O) groups is 1. The van der Waals surface area contributed by atoms with Crippen molar-refractivity contribution in [3.8, 4) is 0 Å². The van der Waals surface area contributed by atoms with E-state index in [-0.39, 0.29) is 12.2 Å². The fourth-order valence-electron chi connectivity index (χ4n) is 1.71. The lowest BCUT2D eigenvalue weighted by atomic mass is 9.96. The van der Waals surface area contributed by atoms with Gasteiger partial charge >= 0.3 is 0 Å². The third-order valence-electron chi connectivity index (χ3n) is 2.38. The van der Waals surface area contributed by atoms with Crippen LogP contribution < -0.4 is 0 Å². The van der Waals surface area contributed by atoms with Crippen LogP contribution in [0.3, 0.4) is 0 Å². The second-order valence-electron chi connectivity index (χ2n) is 3.57. The van der Waals surface area contributed by atoms with E-state index in [0.717, 1.165) is 0 Å². The summed E-state index contributed by atoms with van der Waals surface area (Å²) >= 11 is 0. The number of fused-ring (bicyclic) bond motifs is 1. The molecule has 1 aliphatic carbocycles. The van der Waals surface area contributed by atoms with E-state index in [1.807, 2.05) is 0 Å². The van der Waals surface area contributed by atoms with E-state index < -0.39 is 10.6 Å². The lowest BCUT2D eigenvalue weighted by Crippen LogP contribution is -2.10. The molecule has 0 heterocycles. The molecule has 2 N–H and O–H groups in total. The molecule has 0 atom stereocenters. The SMILES string of the molecule is CS(O)(O)C1=CCC(=O)c2ccccc21. The van der Waals surface area contributed by atoms with Crippen molar-refractivity contribution in [1.82, 2.24) is 0 Å². The average Bonchev–Trinajstić information content (AvgIpc) is 2.17. The first kappa shape index (κ1) is 10.4. The molecular formula is C11H12O3S. The van der Waals surface area contributed by atoms with Crippen LogP contribution in [0.1, 0.15) is 22.3 Å². The first-order chi connectivity index (χ1) is 7.00. The average molecular weight is 224 g/mol. The van der Waals surface area contributed by atoms with E-state index in [9.17, 15) is 13.9 Å². The largest absolute Gasteiger partial charge is 0.295 e. The van der Waals surface area contributed by atoms with Crippen LogP contribution in [0.25, 0.3) is 4.91 Å². The van der Waals surface area contributed by atoms with Crippen molar-refractivity contribution in [1.29, 1.82) is 0 Å². The van der Waals surface area contributed by atoms with Crippen molar-refractivity contribution in [2.75, 3.05) is 6.26 Å². The molecule has 0 bridgehead atoms. The second kappa shape index (κ2) is 3.48. The lowest BCUT2D eigenvalue weighted by molar-refractivity contribution is 0.0994. The standard InChI is InChI=1S/C11H12O3S/c1-15(13,14)11-7-6-10(12)8-4-2-3-5-9(8)11/h2-5,7,13-14H,6H2,1H3. The van der Waals surface area contributed by atoms with Crippen LogP contribution in [-0.4, -0.2) is 21.1 Å². The van der Waals surface area contributed by atoms with Crippen molar-refractivity contribution in [3.05, 3.63) is 41.5 Å². The topological polar surface area (TPSA) is 57.5 Å². The molecule has 0 spiro atoms. The lowest BCUT2D eigenvalue weighted by Gasteiger charge is -2.32. The predicted octanol–water partition coefficient (Wildman–Crippen LogP) is 2.99. The third kappa shape index (κ3) is 1.84. The fraction of sp³-hybridized carbons (Fsp3) is 0.182. The highest BCUT2D eigenvalue weighted by atomic mass is 32.3. The van der Waals surface area contributed by atoms with Gasteiger partial charge in [-0.25, -0.2) is 0 Å². The van der Waals surface area contributed by atoms with Crippen LogP contribution in [0.4, 0.5) is 0 Å². The summed E-state index contributed by atoms with van der Waals surface area (Å²) in [6.07, 6.45) is 3.24. The molecule has 1 aromatic rings. The Morgan fingerprint density at radius 3 is 2.40 bits per heavy atom. The molecule has 0 fully saturated rings. The monoisotopic (exact) mass is 224 g/mol. The van der Waals surface area contributed by atoms with Gasteiger partial charge in [-0.1, -0.05) is 30.3 Å². The van der Waals surface area contributed by atoms with E-state index in [4.69, 9.17) is 0 Å². The zero-order valence-electron chi connectivity index (χ0n) is 8.30. The molecule has 0 aromatic heterocycles. The maximum atomic E-state index is 11.6. The van der Waals surface area contributed by atoms with Crippen LogP contribution >= 0.6 is 10.6 Å². The first-order valence-corrected chi connectivity index (χ1v) is 6.51. The highest BCUT2D eigenvalue weighted by molar-refractivity contribution is 8.31. The highest BCUT2D eigenvalue weighted by Crippen LogP contribution is 2.51. The molecule has 3 nitrogen and oxygen atoms in total. The molecule has 1 aliphatic rings. The van der Waals surface area contributed by atoms with Gasteiger partial charge in [0.25, 0.3) is 0 Å². The zero-order chi connectivity index (χ0) is 11.1. The number of hydrogen-bond donors (Lipinski definition) is 2. The summed E-state index contributed by atoms with van der Waals surface area (Å²) in [6.45, 7) is 0. The van der Waals surface area contributed by atoms with Gasteiger partial charge < -0.3 is 0 Å². The molecule has 0 aliphatic heterocycles. The van der Waals surface area contributed by atoms with Gasteiger partial charge in [-0.15, -0.1) is 0 Å². The number of ketones is 1.